The lowest BCUT2D eigenvalue weighted by Gasteiger charge is -2.13. The Hall–Kier alpha value is -2.24. The molecule has 134 valence electrons. The molecule has 5 heteroatoms. The first-order valence-electron chi connectivity index (χ1n) is 9.27. The van der Waals surface area contributed by atoms with Crippen molar-refractivity contribution in [3.63, 3.8) is 0 Å². The summed E-state index contributed by atoms with van der Waals surface area (Å²) in [6.45, 7) is 2.56. The molecule has 0 amide bonds. The van der Waals surface area contributed by atoms with Crippen LogP contribution < -0.4 is 4.90 Å². The van der Waals surface area contributed by atoms with Crippen LogP contribution in [0.5, 0.6) is 0 Å². The van der Waals surface area contributed by atoms with Crippen molar-refractivity contribution in [2.75, 3.05) is 7.05 Å². The minimum atomic E-state index is 0.580. The van der Waals surface area contributed by atoms with Crippen molar-refractivity contribution in [3.05, 3.63) is 82.4 Å². The van der Waals surface area contributed by atoms with Crippen molar-refractivity contribution in [2.24, 2.45) is 0 Å². The van der Waals surface area contributed by atoms with E-state index in [1.807, 2.05) is 4.68 Å². The predicted molar refractivity (Wildman–Crippen MR) is 106 cm³/mol. The van der Waals surface area contributed by atoms with Crippen molar-refractivity contribution in [1.29, 1.82) is 0 Å². The molecule has 4 rings (SSSR count). The van der Waals surface area contributed by atoms with Gasteiger partial charge in [-0.25, -0.2) is 0 Å². The second-order valence-corrected chi connectivity index (χ2v) is 7.63. The molecule has 1 heterocycles. The Morgan fingerprint density at radius 1 is 1.00 bits per heavy atom. The molecule has 0 spiro atoms. The first kappa shape index (κ1) is 17.2. The third kappa shape index (κ3) is 3.94. The van der Waals surface area contributed by atoms with E-state index in [-0.39, 0.29) is 0 Å². The molecular weight excluding hydrogens is 340 g/mol. The van der Waals surface area contributed by atoms with Crippen LogP contribution in [0.4, 0.5) is 0 Å². The first-order valence-corrected chi connectivity index (χ1v) is 9.68. The van der Waals surface area contributed by atoms with E-state index in [2.05, 4.69) is 72.3 Å². The third-order valence-electron chi connectivity index (χ3n) is 4.85. The number of rotatable bonds is 7. The molecule has 1 aliphatic rings. The average Bonchev–Trinajstić information content (AvgIpc) is 3.45. The fourth-order valence-corrected chi connectivity index (χ4v) is 3.64. The Balaban J connectivity index is 1.55. The number of nitrogens with one attached hydrogen (secondary N) is 1. The van der Waals surface area contributed by atoms with Crippen LogP contribution in [0, 0.1) is 4.77 Å². The highest BCUT2D eigenvalue weighted by Gasteiger charge is 2.30. The van der Waals surface area contributed by atoms with E-state index in [9.17, 15) is 0 Å². The minimum Gasteiger partial charge on any atom is -0.315 e. The Morgan fingerprint density at radius 2 is 1.62 bits per heavy atom. The molecule has 4 nitrogen and oxygen atoms in total. The molecule has 1 atom stereocenters. The molecule has 0 radical (unpaired) electrons. The van der Waals surface area contributed by atoms with Crippen LogP contribution >= 0.6 is 12.2 Å². The van der Waals surface area contributed by atoms with Gasteiger partial charge >= 0.3 is 0 Å². The minimum absolute atomic E-state index is 0.580. The fraction of sp³-hybridized carbons (Fsp3) is 0.333. The summed E-state index contributed by atoms with van der Waals surface area (Å²) in [4.78, 5) is 1.37. The second kappa shape index (κ2) is 7.56. The lowest BCUT2D eigenvalue weighted by Crippen LogP contribution is -3.07. The van der Waals surface area contributed by atoms with E-state index in [1.54, 1.807) is 0 Å². The number of benzene rings is 2. The molecule has 1 unspecified atom stereocenters. The van der Waals surface area contributed by atoms with Gasteiger partial charge in [0, 0.05) is 11.5 Å². The zero-order valence-electron chi connectivity index (χ0n) is 15.1. The van der Waals surface area contributed by atoms with Gasteiger partial charge in [-0.05, 0) is 30.6 Å². The highest BCUT2D eigenvalue weighted by molar-refractivity contribution is 7.71. The Bertz CT molecular complexity index is 910. The van der Waals surface area contributed by atoms with E-state index < -0.39 is 0 Å². The molecular formula is C21H25N4S+. The maximum Gasteiger partial charge on any atom is 0.203 e. The van der Waals surface area contributed by atoms with E-state index in [1.165, 1.54) is 28.9 Å². The Labute approximate surface area is 159 Å². The lowest BCUT2D eigenvalue weighted by molar-refractivity contribution is -0.917. The number of hydrogen-bond donors (Lipinski definition) is 1. The zero-order chi connectivity index (χ0) is 17.9. The Kier molecular flexibility index (Phi) is 5.00. The summed E-state index contributed by atoms with van der Waals surface area (Å²) in [7, 11) is 2.20. The normalized spacial score (nSPS) is 15.1. The van der Waals surface area contributed by atoms with Gasteiger partial charge in [0.2, 0.25) is 4.77 Å². The average molecular weight is 366 g/mol. The molecule has 3 aromatic rings. The first-order chi connectivity index (χ1) is 12.7. The summed E-state index contributed by atoms with van der Waals surface area (Å²) in [5.41, 5.74) is 2.61. The van der Waals surface area contributed by atoms with Crippen LogP contribution in [0.2, 0.25) is 0 Å². The van der Waals surface area contributed by atoms with E-state index in [0.29, 0.717) is 5.92 Å². The van der Waals surface area contributed by atoms with Crippen LogP contribution in [-0.2, 0) is 19.8 Å². The second-order valence-electron chi connectivity index (χ2n) is 7.26. The number of quaternary nitrogens is 1. The monoisotopic (exact) mass is 365 g/mol. The topological polar surface area (TPSA) is 27.2 Å². The van der Waals surface area contributed by atoms with Crippen LogP contribution in [0.15, 0.2) is 60.7 Å². The number of hydrogen-bond acceptors (Lipinski definition) is 2. The maximum absolute atomic E-state index is 5.79. The van der Waals surface area contributed by atoms with Crippen LogP contribution in [0.25, 0.3) is 0 Å². The lowest BCUT2D eigenvalue weighted by atomic mass is 10.2. The third-order valence-corrected chi connectivity index (χ3v) is 5.28. The van der Waals surface area contributed by atoms with Gasteiger partial charge in [-0.2, -0.15) is 9.78 Å². The molecule has 0 saturated heterocycles. The van der Waals surface area contributed by atoms with Gasteiger partial charge in [-0.15, -0.1) is 0 Å². The summed E-state index contributed by atoms with van der Waals surface area (Å²) in [6, 6.07) is 21.1. The van der Waals surface area contributed by atoms with E-state index >= 15 is 0 Å². The highest BCUT2D eigenvalue weighted by Crippen LogP contribution is 2.39. The van der Waals surface area contributed by atoms with Crippen molar-refractivity contribution in [1.82, 2.24) is 14.3 Å². The van der Waals surface area contributed by atoms with Crippen LogP contribution in [0.3, 0.4) is 0 Å². The molecule has 1 aromatic heterocycles. The molecule has 0 bridgehead atoms. The standard InChI is InChI=1S/C21H24N4S/c1-23(14-17-8-4-2-5-9-17)16-25-21(26)24(20(22-25)19-12-13-19)15-18-10-6-3-7-11-18/h2-11,19H,12-16H2,1H3/p+1. The molecule has 2 aromatic carbocycles. The smallest absolute Gasteiger partial charge is 0.203 e. The summed E-state index contributed by atoms with van der Waals surface area (Å²) < 4.78 is 5.09. The summed E-state index contributed by atoms with van der Waals surface area (Å²) >= 11 is 5.79. The summed E-state index contributed by atoms with van der Waals surface area (Å²) in [5.74, 6) is 1.74. The van der Waals surface area contributed by atoms with Crippen molar-refractivity contribution in [2.45, 2.75) is 38.5 Å². The highest BCUT2D eigenvalue weighted by atomic mass is 32.1. The molecule has 1 saturated carbocycles. The van der Waals surface area contributed by atoms with Crippen molar-refractivity contribution < 1.29 is 4.90 Å². The summed E-state index contributed by atoms with van der Waals surface area (Å²) in [5, 5.41) is 4.90. The molecule has 1 N–H and O–H groups in total. The molecule has 1 aliphatic carbocycles. The van der Waals surface area contributed by atoms with Crippen LogP contribution in [-0.4, -0.2) is 21.4 Å². The van der Waals surface area contributed by atoms with E-state index in [4.69, 9.17) is 17.3 Å². The van der Waals surface area contributed by atoms with Crippen LogP contribution in [0.1, 0.15) is 35.7 Å². The SMILES string of the molecule is C[NH+](Cc1ccccc1)Cn1nc(C2CC2)n(Cc2ccccc2)c1=S. The van der Waals surface area contributed by atoms with Gasteiger partial charge in [-0.1, -0.05) is 60.7 Å². The van der Waals surface area contributed by atoms with Gasteiger partial charge in [0.1, 0.15) is 12.4 Å². The zero-order valence-corrected chi connectivity index (χ0v) is 16.0. The van der Waals surface area contributed by atoms with Gasteiger partial charge in [0.15, 0.2) is 6.67 Å². The Morgan fingerprint density at radius 3 is 2.23 bits per heavy atom. The van der Waals surface area contributed by atoms with Crippen molar-refractivity contribution in [3.8, 4) is 0 Å². The van der Waals surface area contributed by atoms with Gasteiger partial charge in [0.05, 0.1) is 13.6 Å². The van der Waals surface area contributed by atoms with Gasteiger partial charge < -0.3 is 4.90 Å². The molecule has 1 fully saturated rings. The number of nitrogens with zero attached hydrogens (tertiary/aromatic N) is 3. The van der Waals surface area contributed by atoms with Gasteiger partial charge in [0.25, 0.3) is 0 Å². The number of aromatic nitrogens is 3. The molecule has 26 heavy (non-hydrogen) atoms. The predicted octanol–water partition coefficient (Wildman–Crippen LogP) is 3.01. The fourth-order valence-electron chi connectivity index (χ4n) is 3.37. The van der Waals surface area contributed by atoms with Crippen molar-refractivity contribution >= 4 is 12.2 Å². The maximum atomic E-state index is 5.79. The van der Waals surface area contributed by atoms with E-state index in [0.717, 1.165) is 30.4 Å². The molecule has 0 aliphatic heterocycles. The van der Waals surface area contributed by atoms with Gasteiger partial charge in [-0.3, -0.25) is 4.57 Å². The quantitative estimate of drug-likeness (QED) is 0.652. The largest absolute Gasteiger partial charge is 0.315 e. The summed E-state index contributed by atoms with van der Waals surface area (Å²) in [6.07, 6.45) is 2.46.